The molecule has 0 unspecified atom stereocenters. The molecule has 0 aliphatic heterocycles. The van der Waals surface area contributed by atoms with Crippen LogP contribution in [0.1, 0.15) is 10.4 Å². The smallest absolute Gasteiger partial charge is 0.256 e. The zero-order valence-corrected chi connectivity index (χ0v) is 9.58. The number of carbonyl (C=O) groups is 1. The van der Waals surface area contributed by atoms with Crippen LogP contribution in [0.15, 0.2) is 30.6 Å². The van der Waals surface area contributed by atoms with E-state index in [9.17, 15) is 13.6 Å². The second kappa shape index (κ2) is 5.05. The van der Waals surface area contributed by atoms with Gasteiger partial charge in [0.2, 0.25) is 0 Å². The molecule has 1 aromatic carbocycles. The van der Waals surface area contributed by atoms with E-state index in [0.717, 1.165) is 18.2 Å². The monoisotopic (exact) mass is 269 g/mol. The minimum absolute atomic E-state index is 0.0225. The maximum atomic E-state index is 12.9. The SMILES string of the molecule is O=C(Nc1cnc(Cl)cn1)c1ccc(F)c(F)c1. The van der Waals surface area contributed by atoms with E-state index < -0.39 is 17.5 Å². The van der Waals surface area contributed by atoms with Gasteiger partial charge in [0.15, 0.2) is 17.5 Å². The molecule has 4 nitrogen and oxygen atoms in total. The molecular weight excluding hydrogens is 264 g/mol. The van der Waals surface area contributed by atoms with E-state index >= 15 is 0 Å². The molecule has 1 heterocycles. The Balaban J connectivity index is 2.16. The fourth-order valence-electron chi connectivity index (χ4n) is 1.20. The Hall–Kier alpha value is -2.08. The molecule has 2 aromatic rings. The third-order valence-corrected chi connectivity index (χ3v) is 2.24. The van der Waals surface area contributed by atoms with Crippen molar-refractivity contribution in [1.29, 1.82) is 0 Å². The van der Waals surface area contributed by atoms with Crippen LogP contribution in [0, 0.1) is 11.6 Å². The molecule has 0 fully saturated rings. The molecule has 2 rings (SSSR count). The Labute approximate surface area is 106 Å². The third-order valence-electron chi connectivity index (χ3n) is 2.04. The highest BCUT2D eigenvalue weighted by Gasteiger charge is 2.10. The second-order valence-corrected chi connectivity index (χ2v) is 3.69. The van der Waals surface area contributed by atoms with Crippen molar-refractivity contribution >= 4 is 23.3 Å². The van der Waals surface area contributed by atoms with Crippen molar-refractivity contribution in [3.05, 3.63) is 52.9 Å². The Morgan fingerprint density at radius 3 is 2.56 bits per heavy atom. The Bertz CT molecular complexity index is 589. The number of amides is 1. The summed E-state index contributed by atoms with van der Waals surface area (Å²) in [6.07, 6.45) is 2.50. The Morgan fingerprint density at radius 1 is 1.17 bits per heavy atom. The lowest BCUT2D eigenvalue weighted by Gasteiger charge is -2.04. The first-order valence-corrected chi connectivity index (χ1v) is 5.18. The minimum Gasteiger partial charge on any atom is -0.305 e. The zero-order chi connectivity index (χ0) is 13.1. The maximum Gasteiger partial charge on any atom is 0.256 e. The largest absolute Gasteiger partial charge is 0.305 e. The first kappa shape index (κ1) is 12.4. The van der Waals surface area contributed by atoms with Gasteiger partial charge in [-0.25, -0.2) is 18.7 Å². The molecule has 0 aliphatic carbocycles. The summed E-state index contributed by atoms with van der Waals surface area (Å²) in [5.41, 5.74) is -0.0225. The number of aromatic nitrogens is 2. The Morgan fingerprint density at radius 2 is 1.94 bits per heavy atom. The van der Waals surface area contributed by atoms with Gasteiger partial charge in [0.25, 0.3) is 5.91 Å². The summed E-state index contributed by atoms with van der Waals surface area (Å²) in [5.74, 6) is -2.57. The molecule has 1 aromatic heterocycles. The van der Waals surface area contributed by atoms with Crippen molar-refractivity contribution in [3.63, 3.8) is 0 Å². The molecule has 18 heavy (non-hydrogen) atoms. The summed E-state index contributed by atoms with van der Waals surface area (Å²) in [7, 11) is 0. The summed E-state index contributed by atoms with van der Waals surface area (Å²) >= 11 is 5.53. The number of hydrogen-bond donors (Lipinski definition) is 1. The van der Waals surface area contributed by atoms with E-state index in [1.165, 1.54) is 12.4 Å². The van der Waals surface area contributed by atoms with Crippen molar-refractivity contribution in [2.45, 2.75) is 0 Å². The number of benzene rings is 1. The third kappa shape index (κ3) is 2.78. The highest BCUT2D eigenvalue weighted by molar-refractivity contribution is 6.29. The number of nitrogens with zero attached hydrogens (tertiary/aromatic N) is 2. The number of anilines is 1. The molecule has 0 aliphatic rings. The first-order chi connectivity index (χ1) is 8.56. The molecule has 0 radical (unpaired) electrons. The number of hydrogen-bond acceptors (Lipinski definition) is 3. The van der Waals surface area contributed by atoms with E-state index in [0.29, 0.717) is 0 Å². The summed E-state index contributed by atoms with van der Waals surface area (Å²) in [6.45, 7) is 0. The standard InChI is InChI=1S/C11H6ClF2N3O/c12-9-4-16-10(5-15-9)17-11(18)6-1-2-7(13)8(14)3-6/h1-5H,(H,16,17,18). The molecule has 7 heteroatoms. The zero-order valence-electron chi connectivity index (χ0n) is 8.82. The molecule has 0 saturated heterocycles. The van der Waals surface area contributed by atoms with Gasteiger partial charge >= 0.3 is 0 Å². The predicted molar refractivity (Wildman–Crippen MR) is 61.4 cm³/mol. The van der Waals surface area contributed by atoms with Crippen LogP contribution >= 0.6 is 11.6 Å². The van der Waals surface area contributed by atoms with Crippen molar-refractivity contribution in [1.82, 2.24) is 9.97 Å². The van der Waals surface area contributed by atoms with Gasteiger partial charge < -0.3 is 5.32 Å². The van der Waals surface area contributed by atoms with Crippen molar-refractivity contribution < 1.29 is 13.6 Å². The highest BCUT2D eigenvalue weighted by atomic mass is 35.5. The van der Waals surface area contributed by atoms with Gasteiger partial charge in [0.1, 0.15) is 5.15 Å². The van der Waals surface area contributed by atoms with Crippen LogP contribution in [0.2, 0.25) is 5.15 Å². The average Bonchev–Trinajstić information content (AvgIpc) is 2.35. The number of carbonyl (C=O) groups excluding carboxylic acids is 1. The molecule has 1 amide bonds. The summed E-state index contributed by atoms with van der Waals surface area (Å²) in [5, 5.41) is 2.55. The van der Waals surface area contributed by atoms with Crippen LogP contribution in [-0.4, -0.2) is 15.9 Å². The predicted octanol–water partition coefficient (Wildman–Crippen LogP) is 2.66. The topological polar surface area (TPSA) is 54.9 Å². The number of rotatable bonds is 2. The molecule has 1 N–H and O–H groups in total. The van der Waals surface area contributed by atoms with E-state index in [1.54, 1.807) is 0 Å². The van der Waals surface area contributed by atoms with Gasteiger partial charge in [-0.2, -0.15) is 0 Å². The van der Waals surface area contributed by atoms with Gasteiger partial charge in [0.05, 0.1) is 12.4 Å². The average molecular weight is 270 g/mol. The van der Waals surface area contributed by atoms with E-state index in [1.807, 2.05) is 0 Å². The van der Waals surface area contributed by atoms with Crippen LogP contribution in [-0.2, 0) is 0 Å². The van der Waals surface area contributed by atoms with Crippen LogP contribution in [0.4, 0.5) is 14.6 Å². The molecule has 92 valence electrons. The molecular formula is C11H6ClF2N3O. The quantitative estimate of drug-likeness (QED) is 0.912. The molecule has 0 atom stereocenters. The van der Waals surface area contributed by atoms with Crippen LogP contribution in [0.3, 0.4) is 0 Å². The van der Waals surface area contributed by atoms with Gasteiger partial charge in [0, 0.05) is 5.56 Å². The maximum absolute atomic E-state index is 12.9. The van der Waals surface area contributed by atoms with Crippen molar-refractivity contribution in [3.8, 4) is 0 Å². The van der Waals surface area contributed by atoms with Gasteiger partial charge in [-0.1, -0.05) is 11.6 Å². The Kier molecular flexibility index (Phi) is 3.47. The summed E-state index contributed by atoms with van der Waals surface area (Å²) < 4.78 is 25.6. The van der Waals surface area contributed by atoms with Gasteiger partial charge in [-0.3, -0.25) is 4.79 Å². The lowest BCUT2D eigenvalue weighted by molar-refractivity contribution is 0.102. The van der Waals surface area contributed by atoms with Crippen molar-refractivity contribution in [2.75, 3.05) is 5.32 Å². The lowest BCUT2D eigenvalue weighted by Crippen LogP contribution is -2.13. The minimum atomic E-state index is -1.09. The van der Waals surface area contributed by atoms with E-state index in [4.69, 9.17) is 11.6 Å². The highest BCUT2D eigenvalue weighted by Crippen LogP contribution is 2.11. The molecule has 0 spiro atoms. The van der Waals surface area contributed by atoms with E-state index in [2.05, 4.69) is 15.3 Å². The molecule has 0 saturated carbocycles. The summed E-state index contributed by atoms with van der Waals surface area (Å²) in [6, 6.07) is 2.84. The van der Waals surface area contributed by atoms with Crippen LogP contribution in [0.5, 0.6) is 0 Å². The van der Waals surface area contributed by atoms with Gasteiger partial charge in [-0.05, 0) is 18.2 Å². The second-order valence-electron chi connectivity index (χ2n) is 3.31. The van der Waals surface area contributed by atoms with Crippen LogP contribution in [0.25, 0.3) is 0 Å². The van der Waals surface area contributed by atoms with E-state index in [-0.39, 0.29) is 16.5 Å². The van der Waals surface area contributed by atoms with Crippen molar-refractivity contribution in [2.24, 2.45) is 0 Å². The first-order valence-electron chi connectivity index (χ1n) is 4.80. The van der Waals surface area contributed by atoms with Gasteiger partial charge in [-0.15, -0.1) is 0 Å². The normalized spacial score (nSPS) is 10.2. The summed E-state index contributed by atoms with van der Waals surface area (Å²) in [4.78, 5) is 19.2. The van der Waals surface area contributed by atoms with Crippen LogP contribution < -0.4 is 5.32 Å². The molecule has 0 bridgehead atoms. The number of halogens is 3. The number of nitrogens with one attached hydrogen (secondary N) is 1. The fraction of sp³-hybridized carbons (Fsp3) is 0. The fourth-order valence-corrected chi connectivity index (χ4v) is 1.30. The lowest BCUT2D eigenvalue weighted by atomic mass is 10.2.